The average Bonchev–Trinajstić information content (AvgIpc) is 2.47. The molecule has 0 saturated carbocycles. The number of rotatable bonds is 5. The lowest BCUT2D eigenvalue weighted by Crippen LogP contribution is -2.41. The van der Waals surface area contributed by atoms with Gasteiger partial charge in [0.15, 0.2) is 0 Å². The molecular formula is C15H15BF3NO. The lowest BCUT2D eigenvalue weighted by atomic mass is 9.73. The van der Waals surface area contributed by atoms with Crippen LogP contribution in [-0.2, 0) is 10.8 Å². The molecule has 2 aromatic carbocycles. The van der Waals surface area contributed by atoms with Crippen LogP contribution < -0.4 is 10.7 Å². The molecule has 0 heterocycles. The molecule has 0 radical (unpaired) electrons. The van der Waals surface area contributed by atoms with E-state index in [0.29, 0.717) is 12.3 Å². The van der Waals surface area contributed by atoms with E-state index in [1.807, 2.05) is 37.3 Å². The van der Waals surface area contributed by atoms with E-state index in [1.165, 1.54) is 12.1 Å². The first-order valence-electron chi connectivity index (χ1n) is 6.61. The van der Waals surface area contributed by atoms with Gasteiger partial charge in [0.1, 0.15) is 0 Å². The second-order valence-electron chi connectivity index (χ2n) is 4.47. The molecule has 0 spiro atoms. The van der Waals surface area contributed by atoms with Crippen LogP contribution in [0.5, 0.6) is 0 Å². The number of alkyl halides is 3. The molecule has 0 fully saturated rings. The normalized spacial score (nSPS) is 11.2. The number of benzene rings is 2. The monoisotopic (exact) mass is 293 g/mol. The smallest absolute Gasteiger partial charge is 0.413 e. The summed E-state index contributed by atoms with van der Waals surface area (Å²) in [7, 11) is -0.395. The van der Waals surface area contributed by atoms with Crippen molar-refractivity contribution in [2.24, 2.45) is 0 Å². The van der Waals surface area contributed by atoms with Crippen LogP contribution in [0.15, 0.2) is 54.6 Å². The van der Waals surface area contributed by atoms with E-state index in [2.05, 4.69) is 5.23 Å². The molecule has 0 aliphatic heterocycles. The quantitative estimate of drug-likeness (QED) is 0.851. The summed E-state index contributed by atoms with van der Waals surface area (Å²) >= 11 is 0. The fraction of sp³-hybridized carbons (Fsp3) is 0.200. The maximum atomic E-state index is 12.5. The fourth-order valence-corrected chi connectivity index (χ4v) is 1.92. The number of anilines is 1. The van der Waals surface area contributed by atoms with Crippen molar-refractivity contribution >= 4 is 18.2 Å². The second kappa shape index (κ2) is 6.67. The van der Waals surface area contributed by atoms with Crippen molar-refractivity contribution < 1.29 is 17.8 Å². The van der Waals surface area contributed by atoms with E-state index in [9.17, 15) is 13.2 Å². The first-order chi connectivity index (χ1) is 10.0. The minimum atomic E-state index is -4.32. The topological polar surface area (TPSA) is 21.3 Å². The van der Waals surface area contributed by atoms with Crippen LogP contribution in [-0.4, -0.2) is 13.7 Å². The van der Waals surface area contributed by atoms with E-state index in [1.54, 1.807) is 0 Å². The zero-order chi connectivity index (χ0) is 15.3. The predicted octanol–water partition coefficient (Wildman–Crippen LogP) is 3.55. The first kappa shape index (κ1) is 15.4. The highest BCUT2D eigenvalue weighted by atomic mass is 19.4. The Hall–Kier alpha value is -1.95. The van der Waals surface area contributed by atoms with Crippen LogP contribution in [0.1, 0.15) is 12.5 Å². The van der Waals surface area contributed by atoms with Gasteiger partial charge in [-0.1, -0.05) is 30.3 Å². The van der Waals surface area contributed by atoms with Crippen LogP contribution in [0.25, 0.3) is 0 Å². The van der Waals surface area contributed by atoms with Gasteiger partial charge in [-0.15, -0.1) is 0 Å². The van der Waals surface area contributed by atoms with Gasteiger partial charge in [0.05, 0.1) is 5.56 Å². The van der Waals surface area contributed by atoms with Gasteiger partial charge >= 0.3 is 13.2 Å². The SMILES string of the molecule is CCOB(Nc1ccc(C(F)(F)F)cc1)c1ccccc1. The third-order valence-corrected chi connectivity index (χ3v) is 2.95. The Bertz CT molecular complexity index is 557. The summed E-state index contributed by atoms with van der Waals surface area (Å²) in [4.78, 5) is 0. The molecule has 1 N–H and O–H groups in total. The molecule has 0 saturated heterocycles. The van der Waals surface area contributed by atoms with E-state index in [4.69, 9.17) is 4.65 Å². The van der Waals surface area contributed by atoms with Gasteiger partial charge in [-0.05, 0) is 36.7 Å². The lowest BCUT2D eigenvalue weighted by Gasteiger charge is -2.16. The summed E-state index contributed by atoms with van der Waals surface area (Å²) < 4.78 is 43.2. The fourth-order valence-electron chi connectivity index (χ4n) is 1.92. The van der Waals surface area contributed by atoms with Gasteiger partial charge in [0, 0.05) is 12.3 Å². The molecule has 0 amide bonds. The van der Waals surface area contributed by atoms with Crippen molar-refractivity contribution in [1.82, 2.24) is 0 Å². The van der Waals surface area contributed by atoms with Gasteiger partial charge in [-0.3, -0.25) is 0 Å². The van der Waals surface area contributed by atoms with Crippen LogP contribution in [0.2, 0.25) is 0 Å². The largest absolute Gasteiger partial charge is 0.449 e. The van der Waals surface area contributed by atoms with Crippen LogP contribution in [0.4, 0.5) is 18.9 Å². The number of hydrogen-bond acceptors (Lipinski definition) is 2. The third-order valence-electron chi connectivity index (χ3n) is 2.95. The Morgan fingerprint density at radius 3 is 2.14 bits per heavy atom. The molecule has 0 atom stereocenters. The molecule has 2 aromatic rings. The Labute approximate surface area is 122 Å². The third kappa shape index (κ3) is 4.26. The maximum absolute atomic E-state index is 12.5. The molecule has 2 rings (SSSR count). The molecular weight excluding hydrogens is 278 g/mol. The van der Waals surface area contributed by atoms with Crippen molar-refractivity contribution in [2.75, 3.05) is 11.8 Å². The molecule has 0 aliphatic carbocycles. The molecule has 0 aliphatic rings. The average molecular weight is 293 g/mol. The second-order valence-corrected chi connectivity index (χ2v) is 4.47. The molecule has 110 valence electrons. The Morgan fingerprint density at radius 1 is 1.00 bits per heavy atom. The molecule has 6 heteroatoms. The van der Waals surface area contributed by atoms with E-state index in [0.717, 1.165) is 17.6 Å². The van der Waals surface area contributed by atoms with Crippen molar-refractivity contribution in [3.63, 3.8) is 0 Å². The highest BCUT2D eigenvalue weighted by molar-refractivity contribution is 6.70. The molecule has 0 aromatic heterocycles. The molecule has 0 bridgehead atoms. The Morgan fingerprint density at radius 2 is 1.62 bits per heavy atom. The van der Waals surface area contributed by atoms with Gasteiger partial charge in [-0.25, -0.2) is 0 Å². The zero-order valence-corrected chi connectivity index (χ0v) is 11.5. The van der Waals surface area contributed by atoms with Gasteiger partial charge < -0.3 is 9.88 Å². The molecule has 21 heavy (non-hydrogen) atoms. The van der Waals surface area contributed by atoms with Crippen molar-refractivity contribution in [1.29, 1.82) is 0 Å². The van der Waals surface area contributed by atoms with Gasteiger partial charge in [-0.2, -0.15) is 13.2 Å². The summed E-state index contributed by atoms with van der Waals surface area (Å²) in [6.45, 7) is 2.36. The highest BCUT2D eigenvalue weighted by Crippen LogP contribution is 2.29. The summed E-state index contributed by atoms with van der Waals surface area (Å²) in [5, 5.41) is 3.09. The van der Waals surface area contributed by atoms with Crippen molar-refractivity contribution in [3.8, 4) is 0 Å². The maximum Gasteiger partial charge on any atom is 0.449 e. The lowest BCUT2D eigenvalue weighted by molar-refractivity contribution is -0.137. The van der Waals surface area contributed by atoms with Crippen LogP contribution >= 0.6 is 0 Å². The van der Waals surface area contributed by atoms with E-state index >= 15 is 0 Å². The standard InChI is InChI=1S/C15H15BF3NO/c1-2-21-16(13-6-4-3-5-7-13)20-14-10-8-12(9-11-14)15(17,18)19/h3-11,20H,2H2,1H3. The number of nitrogens with one attached hydrogen (secondary N) is 1. The van der Waals surface area contributed by atoms with Gasteiger partial charge in [0.25, 0.3) is 0 Å². The zero-order valence-electron chi connectivity index (χ0n) is 11.5. The number of hydrogen-bond donors (Lipinski definition) is 1. The summed E-state index contributed by atoms with van der Waals surface area (Å²) in [6.07, 6.45) is -4.32. The first-order valence-corrected chi connectivity index (χ1v) is 6.61. The Balaban J connectivity index is 2.14. The van der Waals surface area contributed by atoms with Crippen molar-refractivity contribution in [3.05, 3.63) is 60.2 Å². The van der Waals surface area contributed by atoms with E-state index in [-0.39, 0.29) is 0 Å². The number of halogens is 3. The van der Waals surface area contributed by atoms with Crippen LogP contribution in [0.3, 0.4) is 0 Å². The van der Waals surface area contributed by atoms with Crippen molar-refractivity contribution in [2.45, 2.75) is 13.1 Å². The summed E-state index contributed by atoms with van der Waals surface area (Å²) in [5.41, 5.74) is 0.824. The summed E-state index contributed by atoms with van der Waals surface area (Å²) in [5.74, 6) is 0. The van der Waals surface area contributed by atoms with E-state index < -0.39 is 18.8 Å². The minimum Gasteiger partial charge on any atom is -0.413 e. The molecule has 2 nitrogen and oxygen atoms in total. The minimum absolute atomic E-state index is 0.395. The Kier molecular flexibility index (Phi) is 4.91. The summed E-state index contributed by atoms with van der Waals surface area (Å²) in [6, 6.07) is 14.4. The highest BCUT2D eigenvalue weighted by Gasteiger charge is 2.30. The molecule has 0 unspecified atom stereocenters. The predicted molar refractivity (Wildman–Crippen MR) is 78.5 cm³/mol. The van der Waals surface area contributed by atoms with Gasteiger partial charge in [0.2, 0.25) is 0 Å². The van der Waals surface area contributed by atoms with Crippen LogP contribution in [0, 0.1) is 0 Å².